The SMILES string of the molecule is C=C(C)C(=O)OCOc1ccc2cc(-c3ccccc3CC)sc2c1. The van der Waals surface area contributed by atoms with Gasteiger partial charge in [0.25, 0.3) is 0 Å². The summed E-state index contributed by atoms with van der Waals surface area (Å²) in [6.45, 7) is 7.20. The van der Waals surface area contributed by atoms with E-state index in [0.717, 1.165) is 11.1 Å². The Hall–Kier alpha value is -2.59. The maximum atomic E-state index is 11.4. The molecule has 0 atom stereocenters. The van der Waals surface area contributed by atoms with Gasteiger partial charge in [0.05, 0.1) is 0 Å². The molecule has 0 amide bonds. The van der Waals surface area contributed by atoms with Crippen LogP contribution in [0.25, 0.3) is 20.5 Å². The van der Waals surface area contributed by atoms with E-state index in [1.54, 1.807) is 18.3 Å². The topological polar surface area (TPSA) is 35.5 Å². The Labute approximate surface area is 151 Å². The molecule has 0 spiro atoms. The van der Waals surface area contributed by atoms with Crippen molar-refractivity contribution in [1.29, 1.82) is 0 Å². The van der Waals surface area contributed by atoms with Gasteiger partial charge in [-0.1, -0.05) is 37.8 Å². The third-order valence-corrected chi connectivity index (χ3v) is 5.05. The summed E-state index contributed by atoms with van der Waals surface area (Å²) >= 11 is 1.74. The molecule has 0 radical (unpaired) electrons. The number of aryl methyl sites for hydroxylation is 1. The van der Waals surface area contributed by atoms with Crippen molar-refractivity contribution < 1.29 is 14.3 Å². The highest BCUT2D eigenvalue weighted by atomic mass is 32.1. The van der Waals surface area contributed by atoms with Crippen LogP contribution in [0.4, 0.5) is 0 Å². The van der Waals surface area contributed by atoms with Gasteiger partial charge in [-0.25, -0.2) is 4.79 Å². The molecule has 25 heavy (non-hydrogen) atoms. The molecule has 128 valence electrons. The first kappa shape index (κ1) is 17.2. The number of fused-ring (bicyclic) bond motifs is 1. The Bertz CT molecular complexity index is 924. The summed E-state index contributed by atoms with van der Waals surface area (Å²) in [7, 11) is 0. The highest BCUT2D eigenvalue weighted by Gasteiger charge is 2.09. The molecular weight excluding hydrogens is 332 g/mol. The molecule has 1 heterocycles. The average Bonchev–Trinajstić information content (AvgIpc) is 3.04. The highest BCUT2D eigenvalue weighted by molar-refractivity contribution is 7.22. The number of esters is 1. The largest absolute Gasteiger partial charge is 0.457 e. The number of carbonyl (C=O) groups is 1. The number of rotatable bonds is 6. The van der Waals surface area contributed by atoms with Crippen molar-refractivity contribution in [2.24, 2.45) is 0 Å². The van der Waals surface area contributed by atoms with E-state index in [9.17, 15) is 4.79 Å². The summed E-state index contributed by atoms with van der Waals surface area (Å²) in [6, 6.07) is 16.6. The number of hydrogen-bond acceptors (Lipinski definition) is 4. The highest BCUT2D eigenvalue weighted by Crippen LogP contribution is 2.36. The average molecular weight is 352 g/mol. The first-order valence-electron chi connectivity index (χ1n) is 8.15. The normalized spacial score (nSPS) is 10.6. The van der Waals surface area contributed by atoms with Crippen molar-refractivity contribution in [2.45, 2.75) is 20.3 Å². The van der Waals surface area contributed by atoms with Crippen LogP contribution in [0.2, 0.25) is 0 Å². The van der Waals surface area contributed by atoms with Gasteiger partial charge in [0, 0.05) is 15.2 Å². The van der Waals surface area contributed by atoms with Crippen LogP contribution in [-0.4, -0.2) is 12.8 Å². The molecule has 0 aliphatic rings. The van der Waals surface area contributed by atoms with Crippen molar-refractivity contribution in [3.63, 3.8) is 0 Å². The zero-order chi connectivity index (χ0) is 17.8. The standard InChI is InChI=1S/C21H20O3S/c1-4-15-7-5-6-8-18(15)20-11-16-9-10-17(12-19(16)25-20)23-13-24-21(22)14(2)3/h5-12H,2,4,13H2,1,3H3. The smallest absolute Gasteiger partial charge is 0.335 e. The summed E-state index contributed by atoms with van der Waals surface area (Å²) in [5, 5.41) is 1.18. The van der Waals surface area contributed by atoms with E-state index < -0.39 is 5.97 Å². The molecule has 0 aliphatic heterocycles. The number of thiophene rings is 1. The molecule has 0 bridgehead atoms. The molecule has 1 aromatic heterocycles. The van der Waals surface area contributed by atoms with Crippen molar-refractivity contribution in [3.05, 3.63) is 66.2 Å². The molecule has 3 rings (SSSR count). The molecule has 0 N–H and O–H groups in total. The maximum Gasteiger partial charge on any atom is 0.335 e. The number of hydrogen-bond donors (Lipinski definition) is 0. The minimum Gasteiger partial charge on any atom is -0.457 e. The van der Waals surface area contributed by atoms with E-state index in [-0.39, 0.29) is 6.79 Å². The maximum absolute atomic E-state index is 11.4. The van der Waals surface area contributed by atoms with Gasteiger partial charge in [0.1, 0.15) is 5.75 Å². The Kier molecular flexibility index (Phi) is 5.19. The predicted octanol–water partition coefficient (Wildman–Crippen LogP) is 5.59. The molecule has 4 heteroatoms. The van der Waals surface area contributed by atoms with Gasteiger partial charge in [-0.15, -0.1) is 11.3 Å². The Morgan fingerprint density at radius 2 is 1.96 bits per heavy atom. The summed E-state index contributed by atoms with van der Waals surface area (Å²) in [6.07, 6.45) is 1.01. The zero-order valence-corrected chi connectivity index (χ0v) is 15.2. The molecule has 2 aromatic carbocycles. The molecule has 0 aliphatic carbocycles. The lowest BCUT2D eigenvalue weighted by atomic mass is 10.0. The lowest BCUT2D eigenvalue weighted by Gasteiger charge is -2.07. The van der Waals surface area contributed by atoms with Crippen LogP contribution in [0.3, 0.4) is 0 Å². The first-order chi connectivity index (χ1) is 12.1. The van der Waals surface area contributed by atoms with Crippen LogP contribution in [0.5, 0.6) is 5.75 Å². The minimum absolute atomic E-state index is 0.117. The van der Waals surface area contributed by atoms with E-state index in [0.29, 0.717) is 11.3 Å². The van der Waals surface area contributed by atoms with Gasteiger partial charge < -0.3 is 9.47 Å². The second-order valence-corrected chi connectivity index (χ2v) is 6.88. The fourth-order valence-electron chi connectivity index (χ4n) is 2.58. The second kappa shape index (κ2) is 7.53. The predicted molar refractivity (Wildman–Crippen MR) is 103 cm³/mol. The van der Waals surface area contributed by atoms with Crippen LogP contribution in [0.1, 0.15) is 19.4 Å². The Morgan fingerprint density at radius 3 is 2.72 bits per heavy atom. The lowest BCUT2D eigenvalue weighted by molar-refractivity contribution is -0.145. The monoisotopic (exact) mass is 352 g/mol. The van der Waals surface area contributed by atoms with Gasteiger partial charge in [0.15, 0.2) is 0 Å². The molecule has 3 aromatic rings. The molecule has 0 fully saturated rings. The van der Waals surface area contributed by atoms with Crippen LogP contribution in [0, 0.1) is 0 Å². The fourth-order valence-corrected chi connectivity index (χ4v) is 3.73. The van der Waals surface area contributed by atoms with Crippen molar-refractivity contribution >= 4 is 27.4 Å². The minimum atomic E-state index is -0.448. The summed E-state index contributed by atoms with van der Waals surface area (Å²) in [5.74, 6) is 0.231. The molecule has 0 saturated carbocycles. The van der Waals surface area contributed by atoms with Crippen LogP contribution < -0.4 is 4.74 Å². The van der Waals surface area contributed by atoms with Gasteiger partial charge in [-0.2, -0.15) is 0 Å². The van der Waals surface area contributed by atoms with Gasteiger partial charge in [-0.3, -0.25) is 0 Å². The zero-order valence-electron chi connectivity index (χ0n) is 14.4. The van der Waals surface area contributed by atoms with Crippen LogP contribution in [-0.2, 0) is 16.0 Å². The second-order valence-electron chi connectivity index (χ2n) is 5.80. The number of ether oxygens (including phenoxy) is 2. The van der Waals surface area contributed by atoms with Gasteiger partial charge in [0.2, 0.25) is 6.79 Å². The summed E-state index contributed by atoms with van der Waals surface area (Å²) < 4.78 is 11.6. The van der Waals surface area contributed by atoms with E-state index in [1.807, 2.05) is 18.2 Å². The van der Waals surface area contributed by atoms with E-state index >= 15 is 0 Å². The fraction of sp³-hybridized carbons (Fsp3) is 0.190. The molecule has 0 saturated heterocycles. The summed E-state index contributed by atoms with van der Waals surface area (Å²) in [4.78, 5) is 12.6. The van der Waals surface area contributed by atoms with Crippen molar-refractivity contribution in [2.75, 3.05) is 6.79 Å². The quantitative estimate of drug-likeness (QED) is 0.330. The van der Waals surface area contributed by atoms with Gasteiger partial charge in [-0.05, 0) is 54.1 Å². The van der Waals surface area contributed by atoms with E-state index in [2.05, 4.69) is 43.8 Å². The Balaban J connectivity index is 1.80. The van der Waals surface area contributed by atoms with Crippen molar-refractivity contribution in [1.82, 2.24) is 0 Å². The van der Waals surface area contributed by atoms with Crippen molar-refractivity contribution in [3.8, 4) is 16.2 Å². The molecule has 0 unspecified atom stereocenters. The van der Waals surface area contributed by atoms with E-state index in [1.165, 1.54) is 21.4 Å². The number of benzene rings is 2. The summed E-state index contributed by atoms with van der Waals surface area (Å²) in [5.41, 5.74) is 2.98. The van der Waals surface area contributed by atoms with Crippen LogP contribution >= 0.6 is 11.3 Å². The van der Waals surface area contributed by atoms with Crippen LogP contribution in [0.15, 0.2) is 60.7 Å². The lowest BCUT2D eigenvalue weighted by Crippen LogP contribution is -2.10. The Morgan fingerprint density at radius 1 is 1.16 bits per heavy atom. The molecular formula is C21H20O3S. The third-order valence-electron chi connectivity index (χ3n) is 3.92. The first-order valence-corrected chi connectivity index (χ1v) is 8.97. The van der Waals surface area contributed by atoms with Gasteiger partial charge >= 0.3 is 5.97 Å². The van der Waals surface area contributed by atoms with E-state index in [4.69, 9.17) is 9.47 Å². The third kappa shape index (κ3) is 3.91. The molecule has 3 nitrogen and oxygen atoms in total. The number of carbonyl (C=O) groups excluding carboxylic acids is 1.